The number of hydrogen-bond donors (Lipinski definition) is 1. The molecule has 4 nitrogen and oxygen atoms in total. The quantitative estimate of drug-likeness (QED) is 0.745. The Morgan fingerprint density at radius 2 is 2.11 bits per heavy atom. The van der Waals surface area contributed by atoms with Gasteiger partial charge >= 0.3 is 0 Å². The van der Waals surface area contributed by atoms with Gasteiger partial charge in [0.05, 0.1) is 19.8 Å². The molecule has 1 aliphatic heterocycles. The lowest BCUT2D eigenvalue weighted by molar-refractivity contribution is 0.0762. The Balaban J connectivity index is 1.53. The Bertz CT molecular complexity index is 325. The molecule has 1 fully saturated rings. The first-order valence-electron chi connectivity index (χ1n) is 6.45. The van der Waals surface area contributed by atoms with Crippen molar-refractivity contribution in [3.05, 3.63) is 30.3 Å². The Labute approximate surface area is 108 Å². The van der Waals surface area contributed by atoms with Crippen LogP contribution in [0, 0.1) is 5.92 Å². The number of hydrogen-bond acceptors (Lipinski definition) is 4. The van der Waals surface area contributed by atoms with Gasteiger partial charge in [-0.25, -0.2) is 0 Å². The third-order valence-electron chi connectivity index (χ3n) is 3.12. The summed E-state index contributed by atoms with van der Waals surface area (Å²) in [6.07, 6.45) is 1.05. The molecule has 1 aromatic rings. The van der Waals surface area contributed by atoms with Gasteiger partial charge in [-0.1, -0.05) is 18.2 Å². The molecule has 4 heteroatoms. The largest absolute Gasteiger partial charge is 0.491 e. The summed E-state index contributed by atoms with van der Waals surface area (Å²) >= 11 is 0. The molecule has 0 aliphatic carbocycles. The van der Waals surface area contributed by atoms with E-state index in [0.29, 0.717) is 25.7 Å². The molecular weight excluding hydrogens is 230 g/mol. The molecule has 1 heterocycles. The van der Waals surface area contributed by atoms with Crippen molar-refractivity contribution in [2.45, 2.75) is 12.5 Å². The number of ether oxygens (including phenoxy) is 3. The monoisotopic (exact) mass is 251 g/mol. The molecule has 2 rings (SSSR count). The Hall–Kier alpha value is -1.10. The fourth-order valence-electron chi connectivity index (χ4n) is 1.98. The van der Waals surface area contributed by atoms with Crippen LogP contribution in [0.2, 0.25) is 0 Å². The zero-order chi connectivity index (χ0) is 12.6. The van der Waals surface area contributed by atoms with Crippen LogP contribution < -0.4 is 10.5 Å². The van der Waals surface area contributed by atoms with Gasteiger partial charge < -0.3 is 19.9 Å². The molecule has 0 saturated carbocycles. The SMILES string of the molecule is NC(COCCOc1ccccc1)C1CCOC1. The zero-order valence-electron chi connectivity index (χ0n) is 10.6. The molecule has 0 radical (unpaired) electrons. The summed E-state index contributed by atoms with van der Waals surface area (Å²) in [5.74, 6) is 1.31. The minimum atomic E-state index is 0.0734. The number of nitrogens with two attached hydrogens (primary N) is 1. The van der Waals surface area contributed by atoms with E-state index in [4.69, 9.17) is 19.9 Å². The van der Waals surface area contributed by atoms with E-state index in [1.54, 1.807) is 0 Å². The maximum atomic E-state index is 6.03. The first-order valence-corrected chi connectivity index (χ1v) is 6.45. The highest BCUT2D eigenvalue weighted by molar-refractivity contribution is 5.20. The highest BCUT2D eigenvalue weighted by Crippen LogP contribution is 2.15. The standard InChI is InChI=1S/C14H21NO3/c15-14(12-6-7-16-10-12)11-17-8-9-18-13-4-2-1-3-5-13/h1-5,12,14H,6-11,15H2. The van der Waals surface area contributed by atoms with Crippen molar-refractivity contribution < 1.29 is 14.2 Å². The average molecular weight is 251 g/mol. The predicted molar refractivity (Wildman–Crippen MR) is 69.7 cm³/mol. The van der Waals surface area contributed by atoms with E-state index >= 15 is 0 Å². The zero-order valence-corrected chi connectivity index (χ0v) is 10.6. The van der Waals surface area contributed by atoms with E-state index in [2.05, 4.69) is 0 Å². The Kier molecular flexibility index (Phi) is 5.45. The normalized spacial score (nSPS) is 20.8. The summed E-state index contributed by atoms with van der Waals surface area (Å²) in [6, 6.07) is 9.80. The smallest absolute Gasteiger partial charge is 0.119 e. The second-order valence-electron chi connectivity index (χ2n) is 4.52. The van der Waals surface area contributed by atoms with Gasteiger partial charge in [-0.05, 0) is 18.6 Å². The molecule has 0 aromatic heterocycles. The summed E-state index contributed by atoms with van der Waals surface area (Å²) < 4.78 is 16.4. The van der Waals surface area contributed by atoms with Gasteiger partial charge in [-0.3, -0.25) is 0 Å². The fraction of sp³-hybridized carbons (Fsp3) is 0.571. The lowest BCUT2D eigenvalue weighted by Crippen LogP contribution is -2.35. The first kappa shape index (κ1) is 13.3. The summed E-state index contributed by atoms with van der Waals surface area (Å²) in [5, 5.41) is 0. The van der Waals surface area contributed by atoms with Crippen LogP contribution in [0.1, 0.15) is 6.42 Å². The van der Waals surface area contributed by atoms with Gasteiger partial charge in [0.2, 0.25) is 0 Å². The minimum absolute atomic E-state index is 0.0734. The van der Waals surface area contributed by atoms with Crippen molar-refractivity contribution in [2.75, 3.05) is 33.0 Å². The van der Waals surface area contributed by atoms with E-state index in [0.717, 1.165) is 25.4 Å². The summed E-state index contributed by atoms with van der Waals surface area (Å²) in [6.45, 7) is 3.29. The Morgan fingerprint density at radius 1 is 1.28 bits per heavy atom. The van der Waals surface area contributed by atoms with Crippen LogP contribution in [0.3, 0.4) is 0 Å². The van der Waals surface area contributed by atoms with Crippen molar-refractivity contribution in [3.8, 4) is 5.75 Å². The van der Waals surface area contributed by atoms with Crippen LogP contribution in [-0.2, 0) is 9.47 Å². The first-order chi connectivity index (χ1) is 8.86. The fourth-order valence-corrected chi connectivity index (χ4v) is 1.98. The lowest BCUT2D eigenvalue weighted by atomic mass is 10.0. The number of para-hydroxylation sites is 1. The number of rotatable bonds is 7. The van der Waals surface area contributed by atoms with Gasteiger partial charge in [0.15, 0.2) is 0 Å². The third-order valence-corrected chi connectivity index (χ3v) is 3.12. The van der Waals surface area contributed by atoms with Crippen molar-refractivity contribution in [3.63, 3.8) is 0 Å². The van der Waals surface area contributed by atoms with Crippen molar-refractivity contribution in [1.82, 2.24) is 0 Å². The van der Waals surface area contributed by atoms with Crippen LogP contribution in [0.15, 0.2) is 30.3 Å². The molecule has 0 spiro atoms. The molecule has 2 N–H and O–H groups in total. The highest BCUT2D eigenvalue weighted by atomic mass is 16.5. The van der Waals surface area contributed by atoms with Gasteiger partial charge in [0.25, 0.3) is 0 Å². The number of benzene rings is 1. The molecule has 1 aromatic carbocycles. The van der Waals surface area contributed by atoms with E-state index in [1.165, 1.54) is 0 Å². The maximum Gasteiger partial charge on any atom is 0.119 e. The van der Waals surface area contributed by atoms with E-state index < -0.39 is 0 Å². The topological polar surface area (TPSA) is 53.7 Å². The summed E-state index contributed by atoms with van der Waals surface area (Å²) in [7, 11) is 0. The predicted octanol–water partition coefficient (Wildman–Crippen LogP) is 1.45. The van der Waals surface area contributed by atoms with Crippen LogP contribution >= 0.6 is 0 Å². The molecule has 18 heavy (non-hydrogen) atoms. The van der Waals surface area contributed by atoms with Crippen LogP contribution in [0.25, 0.3) is 0 Å². The van der Waals surface area contributed by atoms with Gasteiger partial charge in [0.1, 0.15) is 12.4 Å². The van der Waals surface area contributed by atoms with Crippen LogP contribution in [0.5, 0.6) is 5.75 Å². The summed E-state index contributed by atoms with van der Waals surface area (Å²) in [4.78, 5) is 0. The van der Waals surface area contributed by atoms with Gasteiger partial charge in [0, 0.05) is 18.6 Å². The van der Waals surface area contributed by atoms with Crippen LogP contribution in [0.4, 0.5) is 0 Å². The molecule has 2 unspecified atom stereocenters. The van der Waals surface area contributed by atoms with Crippen molar-refractivity contribution >= 4 is 0 Å². The summed E-state index contributed by atoms with van der Waals surface area (Å²) in [5.41, 5.74) is 6.03. The van der Waals surface area contributed by atoms with Crippen LogP contribution in [-0.4, -0.2) is 39.1 Å². The molecule has 1 aliphatic rings. The molecule has 1 saturated heterocycles. The molecule has 0 bridgehead atoms. The minimum Gasteiger partial charge on any atom is -0.491 e. The molecular formula is C14H21NO3. The molecule has 100 valence electrons. The Morgan fingerprint density at radius 3 is 2.83 bits per heavy atom. The van der Waals surface area contributed by atoms with Gasteiger partial charge in [-0.2, -0.15) is 0 Å². The lowest BCUT2D eigenvalue weighted by Gasteiger charge is -2.17. The second kappa shape index (κ2) is 7.36. The van der Waals surface area contributed by atoms with Crippen molar-refractivity contribution in [1.29, 1.82) is 0 Å². The molecule has 0 amide bonds. The van der Waals surface area contributed by atoms with Crippen molar-refractivity contribution in [2.24, 2.45) is 11.7 Å². The van der Waals surface area contributed by atoms with E-state index in [-0.39, 0.29) is 6.04 Å². The highest BCUT2D eigenvalue weighted by Gasteiger charge is 2.22. The van der Waals surface area contributed by atoms with Gasteiger partial charge in [-0.15, -0.1) is 0 Å². The average Bonchev–Trinajstić information content (AvgIpc) is 2.93. The maximum absolute atomic E-state index is 6.03. The van der Waals surface area contributed by atoms with E-state index in [1.807, 2.05) is 30.3 Å². The van der Waals surface area contributed by atoms with E-state index in [9.17, 15) is 0 Å². The second-order valence-corrected chi connectivity index (χ2v) is 4.52. The third kappa shape index (κ3) is 4.29. The molecule has 2 atom stereocenters.